The van der Waals surface area contributed by atoms with Crippen molar-refractivity contribution in [3.05, 3.63) is 36.5 Å². The van der Waals surface area contributed by atoms with E-state index in [1.165, 1.54) is 327 Å². The topological polar surface area (TPSA) is 95.9 Å². The van der Waals surface area contributed by atoms with Crippen molar-refractivity contribution in [1.82, 2.24) is 5.32 Å². The van der Waals surface area contributed by atoms with Gasteiger partial charge in [-0.05, 0) is 83.5 Å². The van der Waals surface area contributed by atoms with Crippen molar-refractivity contribution in [1.29, 1.82) is 0 Å². The number of aliphatic hydroxyl groups is 2. The number of hydrogen-bond acceptors (Lipinski definition) is 5. The molecule has 2 unspecified atom stereocenters. The fourth-order valence-electron chi connectivity index (χ4n) is 11.7. The first-order valence-electron chi connectivity index (χ1n) is 37.2. The Morgan fingerprint density at radius 3 is 0.939 bits per heavy atom. The van der Waals surface area contributed by atoms with Gasteiger partial charge < -0.3 is 20.3 Å². The van der Waals surface area contributed by atoms with Crippen molar-refractivity contribution in [2.45, 2.75) is 424 Å². The molecule has 6 heteroatoms. The number of aliphatic hydroxyl groups excluding tert-OH is 2. The quantitative estimate of drug-likeness (QED) is 0.0320. The second-order valence-electron chi connectivity index (χ2n) is 25.6. The van der Waals surface area contributed by atoms with Crippen molar-refractivity contribution in [3.8, 4) is 0 Å². The zero-order valence-corrected chi connectivity index (χ0v) is 55.5. The maximum Gasteiger partial charge on any atom is 0.305 e. The fraction of sp³-hybridized carbons (Fsp3) is 0.895. The third-order valence-corrected chi connectivity index (χ3v) is 17.4. The molecule has 484 valence electrons. The van der Waals surface area contributed by atoms with Crippen LogP contribution in [0.3, 0.4) is 0 Å². The van der Waals surface area contributed by atoms with Gasteiger partial charge in [-0.15, -0.1) is 0 Å². The lowest BCUT2D eigenvalue weighted by Gasteiger charge is -2.22. The van der Waals surface area contributed by atoms with Gasteiger partial charge in [0.1, 0.15) is 0 Å². The Kier molecular flexibility index (Phi) is 69.9. The van der Waals surface area contributed by atoms with Crippen LogP contribution in [0.15, 0.2) is 36.5 Å². The molecule has 1 amide bonds. The van der Waals surface area contributed by atoms with E-state index in [4.69, 9.17) is 4.74 Å². The van der Waals surface area contributed by atoms with Gasteiger partial charge in [-0.25, -0.2) is 0 Å². The number of esters is 1. The van der Waals surface area contributed by atoms with E-state index in [9.17, 15) is 19.8 Å². The second kappa shape index (κ2) is 71.6. The molecule has 0 aromatic heterocycles. The smallest absolute Gasteiger partial charge is 0.305 e. The largest absolute Gasteiger partial charge is 0.466 e. The van der Waals surface area contributed by atoms with Crippen molar-refractivity contribution in [2.75, 3.05) is 13.2 Å². The number of rotatable bonds is 70. The minimum atomic E-state index is -0.668. The molecule has 0 bridgehead atoms. The molecule has 0 saturated carbocycles. The molecule has 82 heavy (non-hydrogen) atoms. The SMILES string of the molecule is CCCCCCCC/C=C\CCCCCCCCCCCC(=O)OCCCCCCCCCCC/C=C\C/C=C\CCCCCCCCCCCCCC(=O)NC(CO)C(O)CCCCCCCCCCCCCCCCCCCCC. The number of carbonyl (C=O) groups excluding carboxylic acids is 2. The van der Waals surface area contributed by atoms with Crippen LogP contribution < -0.4 is 5.32 Å². The van der Waals surface area contributed by atoms with Crippen molar-refractivity contribution in [3.63, 3.8) is 0 Å². The maximum absolute atomic E-state index is 12.5. The molecular weight excluding hydrogens is 1010 g/mol. The van der Waals surface area contributed by atoms with Crippen LogP contribution in [-0.4, -0.2) is 47.4 Å². The number of amides is 1. The van der Waals surface area contributed by atoms with Gasteiger partial charge in [0.25, 0.3) is 0 Å². The highest BCUT2D eigenvalue weighted by Gasteiger charge is 2.20. The summed E-state index contributed by atoms with van der Waals surface area (Å²) in [4.78, 5) is 24.7. The van der Waals surface area contributed by atoms with Crippen LogP contribution in [0.25, 0.3) is 0 Å². The normalized spacial score (nSPS) is 12.7. The van der Waals surface area contributed by atoms with Gasteiger partial charge in [0.2, 0.25) is 5.91 Å². The summed E-state index contributed by atoms with van der Waals surface area (Å²) < 4.78 is 5.51. The molecular formula is C76H145NO5. The van der Waals surface area contributed by atoms with Crippen molar-refractivity contribution < 1.29 is 24.5 Å². The molecule has 0 rings (SSSR count). The Morgan fingerprint density at radius 1 is 0.341 bits per heavy atom. The highest BCUT2D eigenvalue weighted by atomic mass is 16.5. The standard InChI is InChI=1S/C76H145NO5/c1-3-5-7-9-11-13-15-17-19-21-32-36-40-44-48-52-56-60-64-68-74(79)73(72-78)77-75(80)69-65-61-57-53-49-45-41-37-34-30-28-26-24-23-25-27-29-31-35-39-43-47-51-55-59-63-67-71-82-76(81)70-66-62-58-54-50-46-42-38-33-22-20-18-16-14-12-10-8-6-4-2/h18,20,23-24,27,29,73-74,78-79H,3-17,19,21-22,25-26,28,30-72H2,1-2H3,(H,77,80)/b20-18-,24-23-,29-27-. The number of carbonyl (C=O) groups is 2. The van der Waals surface area contributed by atoms with E-state index in [-0.39, 0.29) is 18.5 Å². The number of nitrogens with one attached hydrogen (secondary N) is 1. The summed E-state index contributed by atoms with van der Waals surface area (Å²) in [6.45, 7) is 4.98. The van der Waals surface area contributed by atoms with Crippen LogP contribution in [0, 0.1) is 0 Å². The summed E-state index contributed by atoms with van der Waals surface area (Å²) in [5.74, 6) is -0.0234. The summed E-state index contributed by atoms with van der Waals surface area (Å²) in [6, 6.07) is -0.545. The molecule has 0 aromatic carbocycles. The van der Waals surface area contributed by atoms with Gasteiger partial charge in [-0.1, -0.05) is 352 Å². The first-order valence-corrected chi connectivity index (χ1v) is 37.2. The maximum atomic E-state index is 12.5. The zero-order chi connectivity index (χ0) is 59.2. The molecule has 6 nitrogen and oxygen atoms in total. The van der Waals surface area contributed by atoms with Gasteiger partial charge in [0, 0.05) is 12.8 Å². The molecule has 0 fully saturated rings. The Morgan fingerprint density at radius 2 is 0.610 bits per heavy atom. The van der Waals surface area contributed by atoms with Crippen LogP contribution in [0.2, 0.25) is 0 Å². The van der Waals surface area contributed by atoms with E-state index in [0.29, 0.717) is 25.9 Å². The third kappa shape index (κ3) is 67.2. The van der Waals surface area contributed by atoms with Crippen LogP contribution in [0.5, 0.6) is 0 Å². The van der Waals surface area contributed by atoms with Crippen LogP contribution in [0.1, 0.15) is 412 Å². The van der Waals surface area contributed by atoms with Crippen LogP contribution in [-0.2, 0) is 14.3 Å². The third-order valence-electron chi connectivity index (χ3n) is 17.4. The summed E-state index contributed by atoms with van der Waals surface area (Å²) in [5, 5.41) is 23.4. The lowest BCUT2D eigenvalue weighted by Crippen LogP contribution is -2.45. The molecule has 0 heterocycles. The van der Waals surface area contributed by atoms with Gasteiger partial charge in [0.15, 0.2) is 0 Å². The monoisotopic (exact) mass is 1150 g/mol. The zero-order valence-electron chi connectivity index (χ0n) is 55.5. The van der Waals surface area contributed by atoms with Gasteiger partial charge in [-0.2, -0.15) is 0 Å². The van der Waals surface area contributed by atoms with Gasteiger partial charge in [-0.3, -0.25) is 9.59 Å². The molecule has 2 atom stereocenters. The summed E-state index contributed by atoms with van der Waals surface area (Å²) in [7, 11) is 0. The molecule has 0 aliphatic heterocycles. The average Bonchev–Trinajstić information content (AvgIpc) is 3.48. The van der Waals surface area contributed by atoms with Gasteiger partial charge in [0.05, 0.1) is 25.4 Å². The summed E-state index contributed by atoms with van der Waals surface area (Å²) in [5.41, 5.74) is 0. The first kappa shape index (κ1) is 80.1. The van der Waals surface area contributed by atoms with E-state index >= 15 is 0 Å². The number of unbranched alkanes of at least 4 members (excludes halogenated alkanes) is 53. The van der Waals surface area contributed by atoms with Crippen molar-refractivity contribution >= 4 is 11.9 Å². The van der Waals surface area contributed by atoms with Crippen LogP contribution >= 0.6 is 0 Å². The Bertz CT molecular complexity index is 1330. The van der Waals surface area contributed by atoms with Crippen LogP contribution in [0.4, 0.5) is 0 Å². The van der Waals surface area contributed by atoms with E-state index < -0.39 is 12.1 Å². The Hall–Kier alpha value is -1.92. The lowest BCUT2D eigenvalue weighted by molar-refractivity contribution is -0.143. The molecule has 3 N–H and O–H groups in total. The molecule has 0 saturated heterocycles. The molecule has 0 aliphatic rings. The number of hydrogen-bond donors (Lipinski definition) is 3. The first-order chi connectivity index (χ1) is 40.5. The molecule has 0 aromatic rings. The van der Waals surface area contributed by atoms with Crippen molar-refractivity contribution in [2.24, 2.45) is 0 Å². The fourth-order valence-corrected chi connectivity index (χ4v) is 11.7. The minimum Gasteiger partial charge on any atom is -0.466 e. The number of allylic oxidation sites excluding steroid dienone is 6. The highest BCUT2D eigenvalue weighted by molar-refractivity contribution is 5.76. The average molecular weight is 1150 g/mol. The predicted molar refractivity (Wildman–Crippen MR) is 361 cm³/mol. The Labute approximate surface area is 513 Å². The predicted octanol–water partition coefficient (Wildman–Crippen LogP) is 24.3. The second-order valence-corrected chi connectivity index (χ2v) is 25.6. The highest BCUT2D eigenvalue weighted by Crippen LogP contribution is 2.19. The summed E-state index contributed by atoms with van der Waals surface area (Å²) in [6.07, 6.45) is 92.0. The Balaban J connectivity index is 3.40. The molecule has 0 radical (unpaired) electrons. The minimum absolute atomic E-state index is 0.0110. The molecule has 0 aliphatic carbocycles. The van der Waals surface area contributed by atoms with E-state index in [1.54, 1.807) is 0 Å². The number of ether oxygens (including phenoxy) is 1. The van der Waals surface area contributed by atoms with E-state index in [2.05, 4.69) is 55.6 Å². The van der Waals surface area contributed by atoms with E-state index in [1.807, 2.05) is 0 Å². The van der Waals surface area contributed by atoms with E-state index in [0.717, 1.165) is 51.4 Å². The summed E-state index contributed by atoms with van der Waals surface area (Å²) >= 11 is 0. The molecule has 0 spiro atoms. The lowest BCUT2D eigenvalue weighted by atomic mass is 10.0. The van der Waals surface area contributed by atoms with Gasteiger partial charge >= 0.3 is 5.97 Å².